The van der Waals surface area contributed by atoms with E-state index < -0.39 is 0 Å². The van der Waals surface area contributed by atoms with Gasteiger partial charge in [-0.2, -0.15) is 4.99 Å². The Bertz CT molecular complexity index is 1040. The Morgan fingerprint density at radius 2 is 1.74 bits per heavy atom. The van der Waals surface area contributed by atoms with Gasteiger partial charge in [-0.05, 0) is 36.8 Å². The van der Waals surface area contributed by atoms with Gasteiger partial charge < -0.3 is 18.8 Å². The van der Waals surface area contributed by atoms with Crippen LogP contribution in [0.15, 0.2) is 41.4 Å². The second kappa shape index (κ2) is 8.26. The fourth-order valence-corrected chi connectivity index (χ4v) is 3.91. The van der Waals surface area contributed by atoms with Crippen LogP contribution < -0.4 is 19.0 Å². The molecule has 0 aliphatic heterocycles. The molecule has 142 valence electrons. The minimum absolute atomic E-state index is 0.349. The van der Waals surface area contributed by atoms with E-state index in [-0.39, 0.29) is 5.91 Å². The van der Waals surface area contributed by atoms with Gasteiger partial charge >= 0.3 is 0 Å². The predicted molar refractivity (Wildman–Crippen MR) is 106 cm³/mol. The molecule has 0 saturated carbocycles. The molecular weight excluding hydrogens is 364 g/mol. The summed E-state index contributed by atoms with van der Waals surface area (Å²) in [7, 11) is 4.73. The van der Waals surface area contributed by atoms with Gasteiger partial charge in [0.25, 0.3) is 5.91 Å². The van der Waals surface area contributed by atoms with E-state index in [2.05, 4.69) is 16.5 Å². The van der Waals surface area contributed by atoms with Crippen molar-refractivity contribution in [1.29, 1.82) is 0 Å². The van der Waals surface area contributed by atoms with E-state index >= 15 is 0 Å². The minimum Gasteiger partial charge on any atom is -0.497 e. The Hall–Kier alpha value is -2.80. The average Bonchev–Trinajstić information content (AvgIpc) is 3.03. The highest BCUT2D eigenvalue weighted by Gasteiger charge is 2.14. The monoisotopic (exact) mass is 386 g/mol. The summed E-state index contributed by atoms with van der Waals surface area (Å²) in [6.07, 6.45) is 0.936. The van der Waals surface area contributed by atoms with E-state index in [0.29, 0.717) is 21.9 Å². The zero-order chi connectivity index (χ0) is 19.4. The van der Waals surface area contributed by atoms with Crippen LogP contribution in [0.2, 0.25) is 0 Å². The molecule has 1 amide bonds. The number of carbonyl (C=O) groups excluding carboxylic acids is 1. The van der Waals surface area contributed by atoms with Crippen LogP contribution in [0.4, 0.5) is 0 Å². The van der Waals surface area contributed by atoms with Crippen LogP contribution in [-0.2, 0) is 6.54 Å². The number of nitrogens with zero attached hydrogens (tertiary/aromatic N) is 2. The molecule has 0 aliphatic carbocycles. The molecule has 6 nitrogen and oxygen atoms in total. The fraction of sp³-hybridized carbons (Fsp3) is 0.300. The third kappa shape index (κ3) is 3.83. The number of aromatic nitrogens is 1. The summed E-state index contributed by atoms with van der Waals surface area (Å²) in [5, 5.41) is 0. The maximum atomic E-state index is 12.8. The molecular formula is C20H22N2O4S. The molecule has 27 heavy (non-hydrogen) atoms. The van der Waals surface area contributed by atoms with Crippen LogP contribution in [0.25, 0.3) is 10.2 Å². The Labute approximate surface area is 161 Å². The third-order valence-electron chi connectivity index (χ3n) is 4.17. The standard InChI is InChI=1S/C20H22N2O4S/c1-5-10-22-16-9-7-14(25-3)12-18(16)27-20(22)21-19(23)15-8-6-13(24-2)11-17(15)26-4/h6-9,11-12H,5,10H2,1-4H3. The van der Waals surface area contributed by atoms with Crippen LogP contribution in [0.3, 0.4) is 0 Å². The number of amides is 1. The van der Waals surface area contributed by atoms with Crippen molar-refractivity contribution in [2.75, 3.05) is 21.3 Å². The Balaban J connectivity index is 2.12. The van der Waals surface area contributed by atoms with Crippen LogP contribution in [0, 0.1) is 0 Å². The molecule has 0 aliphatic rings. The van der Waals surface area contributed by atoms with Crippen molar-refractivity contribution in [3.8, 4) is 17.2 Å². The summed E-state index contributed by atoms with van der Waals surface area (Å²) in [5.41, 5.74) is 1.44. The number of aryl methyl sites for hydroxylation is 1. The van der Waals surface area contributed by atoms with Gasteiger partial charge in [0, 0.05) is 12.6 Å². The SMILES string of the molecule is CCCn1c(=NC(=O)c2ccc(OC)cc2OC)sc2cc(OC)ccc21. The van der Waals surface area contributed by atoms with E-state index in [0.717, 1.165) is 28.9 Å². The molecule has 3 aromatic rings. The van der Waals surface area contributed by atoms with Crippen LogP contribution in [-0.4, -0.2) is 31.8 Å². The van der Waals surface area contributed by atoms with Gasteiger partial charge in [0.05, 0.1) is 37.1 Å². The molecule has 1 heterocycles. The number of thiazole rings is 1. The lowest BCUT2D eigenvalue weighted by atomic mass is 10.2. The number of carbonyl (C=O) groups is 1. The molecule has 0 radical (unpaired) electrons. The zero-order valence-corrected chi connectivity index (χ0v) is 16.6. The molecule has 7 heteroatoms. The number of ether oxygens (including phenoxy) is 3. The Kier molecular flexibility index (Phi) is 5.81. The van der Waals surface area contributed by atoms with Crippen molar-refractivity contribution in [2.45, 2.75) is 19.9 Å². The highest BCUT2D eigenvalue weighted by molar-refractivity contribution is 7.16. The first-order valence-corrected chi connectivity index (χ1v) is 9.41. The number of fused-ring (bicyclic) bond motifs is 1. The van der Waals surface area contributed by atoms with Gasteiger partial charge in [0.15, 0.2) is 4.80 Å². The van der Waals surface area contributed by atoms with E-state index in [1.165, 1.54) is 18.4 Å². The molecule has 1 aromatic heterocycles. The van der Waals surface area contributed by atoms with Crippen molar-refractivity contribution in [3.63, 3.8) is 0 Å². The molecule has 3 rings (SSSR count). The number of methoxy groups -OCH3 is 3. The van der Waals surface area contributed by atoms with E-state index in [1.807, 2.05) is 18.2 Å². The molecule has 0 fully saturated rings. The molecule has 0 N–H and O–H groups in total. The van der Waals surface area contributed by atoms with E-state index in [1.54, 1.807) is 32.4 Å². The van der Waals surface area contributed by atoms with Crippen LogP contribution in [0.5, 0.6) is 17.2 Å². The Morgan fingerprint density at radius 1 is 1.04 bits per heavy atom. The maximum Gasteiger partial charge on any atom is 0.283 e. The van der Waals surface area contributed by atoms with E-state index in [9.17, 15) is 4.79 Å². The lowest BCUT2D eigenvalue weighted by molar-refractivity contribution is 0.0995. The smallest absolute Gasteiger partial charge is 0.283 e. The van der Waals surface area contributed by atoms with Crippen molar-refractivity contribution >= 4 is 27.5 Å². The normalized spacial score (nSPS) is 11.6. The van der Waals surface area contributed by atoms with Crippen molar-refractivity contribution in [3.05, 3.63) is 46.8 Å². The highest BCUT2D eigenvalue weighted by Crippen LogP contribution is 2.26. The molecule has 2 aromatic carbocycles. The van der Waals surface area contributed by atoms with Crippen molar-refractivity contribution in [1.82, 2.24) is 4.57 Å². The largest absolute Gasteiger partial charge is 0.497 e. The van der Waals surface area contributed by atoms with Gasteiger partial charge in [0.1, 0.15) is 17.2 Å². The second-order valence-electron chi connectivity index (χ2n) is 5.85. The second-order valence-corrected chi connectivity index (χ2v) is 6.86. The first kappa shape index (κ1) is 19.0. The number of rotatable bonds is 6. The lowest BCUT2D eigenvalue weighted by Gasteiger charge is -2.07. The van der Waals surface area contributed by atoms with Crippen molar-refractivity contribution in [2.24, 2.45) is 4.99 Å². The van der Waals surface area contributed by atoms with Gasteiger partial charge in [-0.1, -0.05) is 18.3 Å². The summed E-state index contributed by atoms with van der Waals surface area (Å²) in [5.74, 6) is 1.49. The van der Waals surface area contributed by atoms with Gasteiger partial charge in [-0.25, -0.2) is 0 Å². The van der Waals surface area contributed by atoms with Crippen LogP contribution in [0.1, 0.15) is 23.7 Å². The number of benzene rings is 2. The summed E-state index contributed by atoms with van der Waals surface area (Å²) in [6, 6.07) is 10.9. The van der Waals surface area contributed by atoms with Gasteiger partial charge in [-0.3, -0.25) is 4.79 Å². The first-order valence-electron chi connectivity index (χ1n) is 8.59. The third-order valence-corrected chi connectivity index (χ3v) is 5.21. The fourth-order valence-electron chi connectivity index (χ4n) is 2.83. The first-order chi connectivity index (χ1) is 13.1. The average molecular weight is 386 g/mol. The van der Waals surface area contributed by atoms with Crippen molar-refractivity contribution < 1.29 is 19.0 Å². The topological polar surface area (TPSA) is 62.1 Å². The maximum absolute atomic E-state index is 12.8. The number of hydrogen-bond acceptors (Lipinski definition) is 5. The number of hydrogen-bond donors (Lipinski definition) is 0. The quantitative estimate of drug-likeness (QED) is 0.645. The molecule has 0 saturated heterocycles. The molecule has 0 bridgehead atoms. The zero-order valence-electron chi connectivity index (χ0n) is 15.8. The van der Waals surface area contributed by atoms with Gasteiger partial charge in [0.2, 0.25) is 0 Å². The van der Waals surface area contributed by atoms with Crippen LogP contribution >= 0.6 is 11.3 Å². The Morgan fingerprint density at radius 3 is 2.41 bits per heavy atom. The summed E-state index contributed by atoms with van der Waals surface area (Å²) < 4.78 is 18.9. The molecule has 0 unspecified atom stereocenters. The molecule has 0 spiro atoms. The predicted octanol–water partition coefficient (Wildman–Crippen LogP) is 3.88. The summed E-state index contributed by atoms with van der Waals surface area (Å²) in [4.78, 5) is 17.9. The highest BCUT2D eigenvalue weighted by atomic mass is 32.1. The van der Waals surface area contributed by atoms with E-state index in [4.69, 9.17) is 14.2 Å². The molecule has 0 atom stereocenters. The van der Waals surface area contributed by atoms with Gasteiger partial charge in [-0.15, -0.1) is 0 Å². The summed E-state index contributed by atoms with van der Waals surface area (Å²) in [6.45, 7) is 2.87. The minimum atomic E-state index is -0.349. The summed E-state index contributed by atoms with van der Waals surface area (Å²) >= 11 is 1.47. The lowest BCUT2D eigenvalue weighted by Crippen LogP contribution is -2.17.